The highest BCUT2D eigenvalue weighted by Gasteiger charge is 2.28. The molecule has 3 nitrogen and oxygen atoms in total. The molecule has 0 spiro atoms. The Balaban J connectivity index is 2.05. The van der Waals surface area contributed by atoms with Crippen LogP contribution < -0.4 is 0 Å². The summed E-state index contributed by atoms with van der Waals surface area (Å²) in [7, 11) is 0. The molecule has 0 aliphatic heterocycles. The van der Waals surface area contributed by atoms with Gasteiger partial charge < -0.3 is 9.84 Å². The highest BCUT2D eigenvalue weighted by atomic mass is 32.2. The number of rotatable bonds is 6. The van der Waals surface area contributed by atoms with E-state index in [1.54, 1.807) is 13.8 Å². The van der Waals surface area contributed by atoms with Crippen LogP contribution in [0.3, 0.4) is 0 Å². The first-order chi connectivity index (χ1) is 6.02. The Hall–Kier alpha value is -0.220. The molecule has 0 unspecified atom stereocenters. The third-order valence-corrected chi connectivity index (χ3v) is 3.25. The Morgan fingerprint density at radius 3 is 2.69 bits per heavy atom. The van der Waals surface area contributed by atoms with Crippen molar-refractivity contribution >= 4 is 17.7 Å². The van der Waals surface area contributed by atoms with Crippen molar-refractivity contribution in [3.63, 3.8) is 0 Å². The molecule has 0 radical (unpaired) electrons. The minimum atomic E-state index is -0.785. The van der Waals surface area contributed by atoms with E-state index in [0.717, 1.165) is 12.5 Å². The number of carbonyl (C=O) groups is 1. The average molecular weight is 204 g/mol. The predicted octanol–water partition coefficient (Wildman–Crippen LogP) is 1.97. The molecule has 0 atom stereocenters. The van der Waals surface area contributed by atoms with Gasteiger partial charge in [0.05, 0.1) is 12.5 Å². The first kappa shape index (κ1) is 10.9. The van der Waals surface area contributed by atoms with Crippen LogP contribution in [0.4, 0.5) is 0 Å². The number of hydrogen-bond acceptors (Lipinski definition) is 3. The number of carboxylic acid groups (broad SMARTS) is 1. The van der Waals surface area contributed by atoms with Gasteiger partial charge in [-0.15, -0.1) is 11.8 Å². The molecule has 1 rings (SSSR count). The fourth-order valence-corrected chi connectivity index (χ4v) is 1.35. The second-order valence-electron chi connectivity index (χ2n) is 3.89. The van der Waals surface area contributed by atoms with Gasteiger partial charge in [0.15, 0.2) is 0 Å². The maximum atomic E-state index is 10.7. The number of thioether (sulfide) groups is 1. The van der Waals surface area contributed by atoms with Crippen molar-refractivity contribution in [3.05, 3.63) is 0 Å². The van der Waals surface area contributed by atoms with Crippen LogP contribution in [0, 0.1) is 5.92 Å². The molecule has 76 valence electrons. The van der Waals surface area contributed by atoms with Gasteiger partial charge >= 0.3 is 5.97 Å². The molecule has 0 saturated heterocycles. The average Bonchev–Trinajstić information content (AvgIpc) is 2.81. The van der Waals surface area contributed by atoms with E-state index in [2.05, 4.69) is 0 Å². The third kappa shape index (κ3) is 4.00. The minimum Gasteiger partial charge on any atom is -0.480 e. The summed E-state index contributed by atoms with van der Waals surface area (Å²) in [6, 6.07) is 0. The van der Waals surface area contributed by atoms with Crippen LogP contribution >= 0.6 is 11.8 Å². The van der Waals surface area contributed by atoms with Crippen LogP contribution in [0.2, 0.25) is 0 Å². The fraction of sp³-hybridized carbons (Fsp3) is 0.889. The largest absolute Gasteiger partial charge is 0.480 e. The van der Waals surface area contributed by atoms with Gasteiger partial charge in [0.2, 0.25) is 0 Å². The first-order valence-electron chi connectivity index (χ1n) is 4.47. The molecule has 1 aliphatic carbocycles. The van der Waals surface area contributed by atoms with Gasteiger partial charge in [0, 0.05) is 0 Å². The lowest BCUT2D eigenvalue weighted by atomic mass is 10.2. The van der Waals surface area contributed by atoms with E-state index < -0.39 is 10.7 Å². The van der Waals surface area contributed by atoms with Crippen LogP contribution in [0.5, 0.6) is 0 Å². The normalized spacial score (nSPS) is 17.4. The predicted molar refractivity (Wildman–Crippen MR) is 52.8 cm³/mol. The molecular formula is C9H16O3S. The number of carboxylic acids is 1. The molecule has 13 heavy (non-hydrogen) atoms. The zero-order valence-electron chi connectivity index (χ0n) is 8.08. The Morgan fingerprint density at radius 1 is 1.62 bits per heavy atom. The Morgan fingerprint density at radius 2 is 2.23 bits per heavy atom. The molecule has 0 aromatic rings. The number of hydrogen-bond donors (Lipinski definition) is 1. The lowest BCUT2D eigenvalue weighted by Gasteiger charge is -2.17. The molecule has 1 N–H and O–H groups in total. The van der Waals surface area contributed by atoms with Crippen LogP contribution in [0.25, 0.3) is 0 Å². The molecule has 0 bridgehead atoms. The van der Waals surface area contributed by atoms with E-state index in [9.17, 15) is 4.79 Å². The van der Waals surface area contributed by atoms with Gasteiger partial charge in [-0.1, -0.05) is 0 Å². The summed E-state index contributed by atoms with van der Waals surface area (Å²) < 4.78 is 4.61. The van der Waals surface area contributed by atoms with Gasteiger partial charge in [-0.05, 0) is 32.6 Å². The Kier molecular flexibility index (Phi) is 3.62. The van der Waals surface area contributed by atoms with Crippen LogP contribution in [-0.2, 0) is 9.53 Å². The summed E-state index contributed by atoms with van der Waals surface area (Å²) in [5.41, 5.74) is 0. The van der Waals surface area contributed by atoms with Crippen LogP contribution in [0.1, 0.15) is 26.7 Å². The molecule has 0 heterocycles. The number of aliphatic carboxylic acids is 1. The fourth-order valence-electron chi connectivity index (χ4n) is 0.750. The highest BCUT2D eigenvalue weighted by molar-refractivity contribution is 8.01. The zero-order valence-corrected chi connectivity index (χ0v) is 8.89. The van der Waals surface area contributed by atoms with E-state index in [-0.39, 0.29) is 0 Å². The van der Waals surface area contributed by atoms with Crippen molar-refractivity contribution in [1.29, 1.82) is 0 Å². The van der Waals surface area contributed by atoms with E-state index in [1.165, 1.54) is 24.6 Å². The first-order valence-corrected chi connectivity index (χ1v) is 5.46. The van der Waals surface area contributed by atoms with Crippen molar-refractivity contribution in [2.45, 2.75) is 31.4 Å². The topological polar surface area (TPSA) is 46.5 Å². The van der Waals surface area contributed by atoms with Gasteiger partial charge in [-0.3, -0.25) is 4.79 Å². The van der Waals surface area contributed by atoms with Crippen molar-refractivity contribution in [2.75, 3.05) is 12.5 Å². The summed E-state index contributed by atoms with van der Waals surface area (Å²) in [6.45, 7) is 4.18. The summed E-state index contributed by atoms with van der Waals surface area (Å²) >= 11 is 1.33. The summed E-state index contributed by atoms with van der Waals surface area (Å²) in [6.07, 6.45) is 2.54. The molecule has 1 saturated carbocycles. The highest BCUT2D eigenvalue weighted by Crippen LogP contribution is 2.30. The molecular weight excluding hydrogens is 188 g/mol. The number of ether oxygens (including phenoxy) is 1. The van der Waals surface area contributed by atoms with Crippen molar-refractivity contribution in [3.8, 4) is 0 Å². The lowest BCUT2D eigenvalue weighted by molar-refractivity contribution is -0.138. The van der Waals surface area contributed by atoms with Gasteiger partial charge in [-0.25, -0.2) is 0 Å². The Labute approximate surface area is 82.8 Å². The quantitative estimate of drug-likeness (QED) is 0.531. The van der Waals surface area contributed by atoms with Crippen molar-refractivity contribution in [1.82, 2.24) is 0 Å². The van der Waals surface area contributed by atoms with Gasteiger partial charge in [-0.2, -0.15) is 0 Å². The standard InChI is InChI=1S/C9H16O3S/c1-9(2,8(10)11)13-6-12-5-7-3-4-7/h7H,3-6H2,1-2H3,(H,10,11). The zero-order chi connectivity index (χ0) is 9.90. The van der Waals surface area contributed by atoms with Gasteiger partial charge in [0.1, 0.15) is 4.75 Å². The van der Waals surface area contributed by atoms with Crippen LogP contribution in [-0.4, -0.2) is 28.4 Å². The monoisotopic (exact) mass is 204 g/mol. The molecule has 0 aromatic heterocycles. The van der Waals surface area contributed by atoms with Crippen molar-refractivity contribution < 1.29 is 14.6 Å². The second kappa shape index (κ2) is 4.33. The second-order valence-corrected chi connectivity index (χ2v) is 5.44. The Bertz CT molecular complexity index is 187. The van der Waals surface area contributed by atoms with E-state index in [1.807, 2.05) is 0 Å². The molecule has 1 fully saturated rings. The molecule has 4 heteroatoms. The van der Waals surface area contributed by atoms with Crippen LogP contribution in [0.15, 0.2) is 0 Å². The maximum Gasteiger partial charge on any atom is 0.319 e. The molecule has 0 amide bonds. The summed E-state index contributed by atoms with van der Waals surface area (Å²) in [4.78, 5) is 10.7. The smallest absolute Gasteiger partial charge is 0.319 e. The SMILES string of the molecule is CC(C)(SCOCC1CC1)C(=O)O. The minimum absolute atomic E-state index is 0.482. The van der Waals surface area contributed by atoms with E-state index >= 15 is 0 Å². The third-order valence-electron chi connectivity index (χ3n) is 2.07. The van der Waals surface area contributed by atoms with Gasteiger partial charge in [0.25, 0.3) is 0 Å². The summed E-state index contributed by atoms with van der Waals surface area (Å²) in [5.74, 6) is 0.441. The van der Waals surface area contributed by atoms with E-state index in [0.29, 0.717) is 5.94 Å². The molecule has 1 aliphatic rings. The lowest BCUT2D eigenvalue weighted by Crippen LogP contribution is -2.27. The molecule has 0 aromatic carbocycles. The summed E-state index contributed by atoms with van der Waals surface area (Å²) in [5, 5.41) is 8.79. The van der Waals surface area contributed by atoms with Crippen molar-refractivity contribution in [2.24, 2.45) is 5.92 Å². The maximum absolute atomic E-state index is 10.7. The van der Waals surface area contributed by atoms with E-state index in [4.69, 9.17) is 9.84 Å².